The van der Waals surface area contributed by atoms with Gasteiger partial charge in [0, 0.05) is 12.8 Å². The Labute approximate surface area is 344 Å². The van der Waals surface area contributed by atoms with E-state index in [2.05, 4.69) is 13.8 Å². The topological polar surface area (TPSA) is 210 Å². The minimum absolute atomic E-state index is 0.104. The molecule has 0 aromatic heterocycles. The molecule has 0 bridgehead atoms. The van der Waals surface area contributed by atoms with Crippen LogP contribution < -0.4 is 0 Å². The first-order chi connectivity index (χ1) is 27.4. The highest BCUT2D eigenvalue weighted by Gasteiger charge is 2.51. The summed E-state index contributed by atoms with van der Waals surface area (Å²) in [5.41, 5.74) is 0. The molecule has 0 spiro atoms. The Bertz CT molecular complexity index is 1020. The van der Waals surface area contributed by atoms with E-state index < -0.39 is 75.7 Å². The molecule has 13 nitrogen and oxygen atoms in total. The zero-order chi connectivity index (χ0) is 42.2. The molecule has 0 aromatic rings. The van der Waals surface area contributed by atoms with Gasteiger partial charge in [-0.2, -0.15) is 0 Å². The molecule has 0 amide bonds. The number of phosphoric ester groups is 1. The van der Waals surface area contributed by atoms with Crippen molar-refractivity contribution in [1.82, 2.24) is 0 Å². The van der Waals surface area contributed by atoms with Crippen LogP contribution in [0.25, 0.3) is 0 Å². The van der Waals surface area contributed by atoms with Crippen LogP contribution in [0, 0.1) is 0 Å². The molecule has 6 N–H and O–H groups in total. The fourth-order valence-corrected chi connectivity index (χ4v) is 8.20. The summed E-state index contributed by atoms with van der Waals surface area (Å²) in [6.07, 6.45) is 20.2. The Morgan fingerprint density at radius 3 is 1.16 bits per heavy atom. The van der Waals surface area contributed by atoms with E-state index in [4.69, 9.17) is 18.5 Å². The van der Waals surface area contributed by atoms with E-state index in [0.29, 0.717) is 12.8 Å². The highest BCUT2D eigenvalue weighted by molar-refractivity contribution is 7.47. The lowest BCUT2D eigenvalue weighted by Crippen LogP contribution is -2.64. The first kappa shape index (κ1) is 53.9. The SMILES string of the molecule is CCCCCCCCCCCCCCCCCC(=O)OCC(COP(=O)(O)OC1[C@H](O)[C@H](O)C(O)[C@H](O)[C@H]1O)OC(=O)CCCCCCCCCCCCCCC. The summed E-state index contributed by atoms with van der Waals surface area (Å²) in [4.78, 5) is 35.6. The minimum Gasteiger partial charge on any atom is -0.462 e. The van der Waals surface area contributed by atoms with Gasteiger partial charge >= 0.3 is 19.8 Å². The van der Waals surface area contributed by atoms with Crippen LogP contribution in [0.1, 0.15) is 206 Å². The number of rotatable bonds is 38. The van der Waals surface area contributed by atoms with Crippen molar-refractivity contribution in [2.45, 2.75) is 249 Å². The molecule has 0 heterocycles. The molecule has 0 aromatic carbocycles. The van der Waals surface area contributed by atoms with E-state index in [9.17, 15) is 44.6 Å². The van der Waals surface area contributed by atoms with E-state index in [-0.39, 0.29) is 12.8 Å². The van der Waals surface area contributed by atoms with Crippen LogP contribution in [0.4, 0.5) is 0 Å². The molecule has 57 heavy (non-hydrogen) atoms. The smallest absolute Gasteiger partial charge is 0.462 e. The second-order valence-electron chi connectivity index (χ2n) is 16.3. The van der Waals surface area contributed by atoms with Gasteiger partial charge in [0.1, 0.15) is 43.2 Å². The maximum Gasteiger partial charge on any atom is 0.472 e. The lowest BCUT2D eigenvalue weighted by molar-refractivity contribution is -0.220. The summed E-state index contributed by atoms with van der Waals surface area (Å²) in [6, 6.07) is 0. The van der Waals surface area contributed by atoms with Crippen molar-refractivity contribution in [1.29, 1.82) is 0 Å². The number of phosphoric acid groups is 1. The van der Waals surface area contributed by atoms with Crippen molar-refractivity contribution in [2.75, 3.05) is 13.2 Å². The highest BCUT2D eigenvalue weighted by Crippen LogP contribution is 2.47. The van der Waals surface area contributed by atoms with Gasteiger partial charge in [0.2, 0.25) is 0 Å². The average Bonchev–Trinajstić information content (AvgIpc) is 3.19. The number of hydrogen-bond acceptors (Lipinski definition) is 12. The van der Waals surface area contributed by atoms with Crippen LogP contribution in [0.15, 0.2) is 0 Å². The average molecular weight is 839 g/mol. The normalized spacial score (nSPS) is 22.6. The maximum atomic E-state index is 12.8. The number of ether oxygens (including phenoxy) is 2. The van der Waals surface area contributed by atoms with E-state index >= 15 is 0 Å². The maximum absolute atomic E-state index is 12.8. The molecule has 14 heteroatoms. The van der Waals surface area contributed by atoms with Crippen LogP contribution >= 0.6 is 7.82 Å². The number of carbonyl (C=O) groups excluding carboxylic acids is 2. The summed E-state index contributed by atoms with van der Waals surface area (Å²) >= 11 is 0. The predicted octanol–water partition coefficient (Wildman–Crippen LogP) is 8.50. The molecule has 1 aliphatic carbocycles. The van der Waals surface area contributed by atoms with Crippen molar-refractivity contribution in [3.63, 3.8) is 0 Å². The van der Waals surface area contributed by atoms with Gasteiger partial charge in [-0.05, 0) is 12.8 Å². The highest BCUT2D eigenvalue weighted by atomic mass is 31.2. The van der Waals surface area contributed by atoms with Gasteiger partial charge in [-0.3, -0.25) is 18.6 Å². The Kier molecular flexibility index (Phi) is 32.7. The number of unbranched alkanes of at least 4 members (excludes halogenated alkanes) is 26. The fraction of sp³-hybridized carbons (Fsp3) is 0.953. The molecule has 1 fully saturated rings. The number of aliphatic hydroxyl groups excluding tert-OH is 5. The zero-order valence-corrected chi connectivity index (χ0v) is 36.6. The Balaban J connectivity index is 2.45. The van der Waals surface area contributed by atoms with Crippen LogP contribution in [0.2, 0.25) is 0 Å². The molecule has 0 saturated heterocycles. The standard InChI is InChI=1S/C43H83O13P/c1-3-5-7-9-11-13-15-17-18-20-21-23-25-27-29-31-36(44)53-33-35(34-54-57(51,52)56-43-41(49)39(47)38(46)40(48)42(43)50)55-37(45)32-30-28-26-24-22-19-16-14-12-10-8-6-4-2/h35,38-43,46-50H,3-34H2,1-2H3,(H,51,52)/t35?,38?,39-,40+,41-,42-,43?/m1/s1. The van der Waals surface area contributed by atoms with Gasteiger partial charge in [0.15, 0.2) is 6.10 Å². The van der Waals surface area contributed by atoms with Crippen molar-refractivity contribution >= 4 is 19.8 Å². The third-order valence-corrected chi connectivity index (χ3v) is 11.9. The Morgan fingerprint density at radius 2 is 0.789 bits per heavy atom. The quantitative estimate of drug-likeness (QED) is 0.0196. The van der Waals surface area contributed by atoms with Crippen LogP contribution in [-0.4, -0.2) is 98.3 Å². The molecule has 338 valence electrons. The Hall–Kier alpha value is -1.15. The van der Waals surface area contributed by atoms with Crippen molar-refractivity contribution in [3.8, 4) is 0 Å². The van der Waals surface area contributed by atoms with Gasteiger partial charge in [-0.1, -0.05) is 181 Å². The summed E-state index contributed by atoms with van der Waals surface area (Å²) in [5.74, 6) is -1.09. The number of carbonyl (C=O) groups is 2. The predicted molar refractivity (Wildman–Crippen MR) is 221 cm³/mol. The largest absolute Gasteiger partial charge is 0.472 e. The Morgan fingerprint density at radius 1 is 0.474 bits per heavy atom. The number of aliphatic hydroxyl groups is 5. The molecule has 1 aliphatic rings. The molecular weight excluding hydrogens is 755 g/mol. The minimum atomic E-state index is -5.11. The number of esters is 2. The molecule has 8 atom stereocenters. The van der Waals surface area contributed by atoms with E-state index in [1.807, 2.05) is 0 Å². The molecule has 0 aliphatic heterocycles. The zero-order valence-electron chi connectivity index (χ0n) is 35.7. The van der Waals surface area contributed by atoms with Gasteiger partial charge in [-0.15, -0.1) is 0 Å². The van der Waals surface area contributed by atoms with Crippen LogP contribution in [-0.2, 0) is 32.7 Å². The van der Waals surface area contributed by atoms with E-state index in [1.54, 1.807) is 0 Å². The lowest BCUT2D eigenvalue weighted by Gasteiger charge is -2.41. The lowest BCUT2D eigenvalue weighted by atomic mass is 9.85. The summed E-state index contributed by atoms with van der Waals surface area (Å²) in [7, 11) is -5.11. The second kappa shape index (κ2) is 34.6. The first-order valence-electron chi connectivity index (χ1n) is 22.8. The van der Waals surface area contributed by atoms with E-state index in [1.165, 1.54) is 128 Å². The molecule has 0 radical (unpaired) electrons. The fourth-order valence-electron chi connectivity index (χ4n) is 7.23. The van der Waals surface area contributed by atoms with Crippen molar-refractivity contribution < 1.29 is 63.1 Å². The summed E-state index contributed by atoms with van der Waals surface area (Å²) in [6.45, 7) is 3.31. The molecule has 4 unspecified atom stereocenters. The van der Waals surface area contributed by atoms with Gasteiger partial charge in [0.05, 0.1) is 6.61 Å². The molecule has 1 rings (SSSR count). The second-order valence-corrected chi connectivity index (χ2v) is 17.7. The van der Waals surface area contributed by atoms with Crippen LogP contribution in [0.5, 0.6) is 0 Å². The number of hydrogen-bond donors (Lipinski definition) is 6. The third-order valence-electron chi connectivity index (χ3n) is 10.9. The van der Waals surface area contributed by atoms with Crippen molar-refractivity contribution in [3.05, 3.63) is 0 Å². The molecular formula is C43H83O13P. The molecule has 1 saturated carbocycles. The van der Waals surface area contributed by atoms with Gasteiger partial charge < -0.3 is 39.9 Å². The van der Waals surface area contributed by atoms with E-state index in [0.717, 1.165) is 38.5 Å². The van der Waals surface area contributed by atoms with Gasteiger partial charge in [0.25, 0.3) is 0 Å². The van der Waals surface area contributed by atoms with Crippen molar-refractivity contribution in [2.24, 2.45) is 0 Å². The van der Waals surface area contributed by atoms with Crippen LogP contribution in [0.3, 0.4) is 0 Å². The summed E-state index contributed by atoms with van der Waals surface area (Å²) < 4.78 is 33.5. The first-order valence-corrected chi connectivity index (χ1v) is 24.3. The monoisotopic (exact) mass is 839 g/mol. The third kappa shape index (κ3) is 27.3. The summed E-state index contributed by atoms with van der Waals surface area (Å²) in [5, 5.41) is 50.1. The van der Waals surface area contributed by atoms with Gasteiger partial charge in [-0.25, -0.2) is 4.57 Å².